The molecule has 0 fully saturated rings. The second kappa shape index (κ2) is 6.57. The Morgan fingerprint density at radius 3 is 2.44 bits per heavy atom. The number of nitrogens with one attached hydrogen (secondary N) is 1. The summed E-state index contributed by atoms with van der Waals surface area (Å²) in [4.78, 5) is 7.42. The molecule has 0 aromatic carbocycles. The molecule has 0 saturated heterocycles. The van der Waals surface area contributed by atoms with E-state index >= 15 is 0 Å². The number of alkyl halides is 4. The summed E-state index contributed by atoms with van der Waals surface area (Å²) in [6.07, 6.45) is 0.336. The average Bonchev–Trinajstić information content (AvgIpc) is 2.35. The Morgan fingerprint density at radius 2 is 1.94 bits per heavy atom. The van der Waals surface area contributed by atoms with Crippen molar-refractivity contribution in [2.45, 2.75) is 18.4 Å². The minimum Gasteiger partial charge on any atom is -0.373 e. The molecule has 1 rings (SSSR count). The molecule has 0 aliphatic carbocycles. The highest BCUT2D eigenvalue weighted by Gasteiger charge is 2.41. The number of nitrogens with zero attached hydrogens (tertiary/aromatic N) is 2. The van der Waals surface area contributed by atoms with Crippen LogP contribution in [0.5, 0.6) is 0 Å². The number of halogens is 4. The van der Waals surface area contributed by atoms with Crippen molar-refractivity contribution in [3.05, 3.63) is 24.3 Å². The molecule has 9 heteroatoms. The van der Waals surface area contributed by atoms with Gasteiger partial charge in [0, 0.05) is 18.0 Å². The fourth-order valence-electron chi connectivity index (χ4n) is 1.11. The molecule has 0 amide bonds. The normalized spacial score (nSPS) is 13.9. The Morgan fingerprint density at radius 1 is 1.33 bits per heavy atom. The largest absolute Gasteiger partial charge is 0.373 e. The highest BCUT2D eigenvalue weighted by molar-refractivity contribution is 5.08. The van der Waals surface area contributed by atoms with Crippen LogP contribution >= 0.6 is 0 Å². The van der Waals surface area contributed by atoms with Crippen LogP contribution in [0.1, 0.15) is 11.6 Å². The van der Waals surface area contributed by atoms with E-state index in [1.54, 1.807) is 0 Å². The van der Waals surface area contributed by atoms with Gasteiger partial charge in [0.15, 0.2) is 0 Å². The number of hydrazine groups is 1. The highest BCUT2D eigenvalue weighted by Crippen LogP contribution is 2.23. The number of nitrogens with two attached hydrogens (primary N) is 1. The van der Waals surface area contributed by atoms with E-state index in [0.29, 0.717) is 5.56 Å². The zero-order valence-corrected chi connectivity index (χ0v) is 9.19. The smallest absolute Gasteiger partial charge is 0.330 e. The molecule has 102 valence electrons. The Labute approximate surface area is 100 Å². The number of aromatic nitrogens is 2. The lowest BCUT2D eigenvalue weighted by molar-refractivity contribution is -0.167. The van der Waals surface area contributed by atoms with E-state index in [1.807, 2.05) is 0 Å². The van der Waals surface area contributed by atoms with E-state index in [9.17, 15) is 17.6 Å². The van der Waals surface area contributed by atoms with Crippen molar-refractivity contribution in [2.24, 2.45) is 5.84 Å². The molecule has 0 radical (unpaired) electrons. The molecule has 1 heterocycles. The quantitative estimate of drug-likeness (QED) is 0.436. The molecule has 1 aromatic rings. The van der Waals surface area contributed by atoms with Gasteiger partial charge in [0.2, 0.25) is 0 Å². The average molecular weight is 268 g/mol. The summed E-state index contributed by atoms with van der Waals surface area (Å²) in [5, 5.41) is 0. The zero-order valence-electron chi connectivity index (χ0n) is 9.19. The van der Waals surface area contributed by atoms with Gasteiger partial charge in [-0.2, -0.15) is 8.78 Å². The fraction of sp³-hybridized carbons (Fsp3) is 0.556. The summed E-state index contributed by atoms with van der Waals surface area (Å²) >= 11 is 0. The monoisotopic (exact) mass is 268 g/mol. The van der Waals surface area contributed by atoms with Gasteiger partial charge in [-0.15, -0.1) is 0 Å². The van der Waals surface area contributed by atoms with Gasteiger partial charge >= 0.3 is 12.3 Å². The summed E-state index contributed by atoms with van der Waals surface area (Å²) in [6, 6.07) is -0.653. The van der Waals surface area contributed by atoms with Crippen molar-refractivity contribution in [1.29, 1.82) is 0 Å². The van der Waals surface area contributed by atoms with Gasteiger partial charge < -0.3 is 4.74 Å². The fourth-order valence-corrected chi connectivity index (χ4v) is 1.11. The highest BCUT2D eigenvalue weighted by atomic mass is 19.3. The molecule has 0 bridgehead atoms. The second-order valence-electron chi connectivity index (χ2n) is 3.47. The van der Waals surface area contributed by atoms with E-state index in [2.05, 4.69) is 20.1 Å². The topological polar surface area (TPSA) is 73.1 Å². The van der Waals surface area contributed by atoms with Crippen molar-refractivity contribution in [2.75, 3.05) is 13.2 Å². The zero-order chi connectivity index (χ0) is 13.6. The van der Waals surface area contributed by atoms with Gasteiger partial charge in [-0.05, 0) is 0 Å². The minimum atomic E-state index is -4.17. The van der Waals surface area contributed by atoms with Crippen LogP contribution in [0.2, 0.25) is 0 Å². The first-order valence-electron chi connectivity index (χ1n) is 4.92. The van der Waals surface area contributed by atoms with E-state index < -0.39 is 25.0 Å². The lowest BCUT2D eigenvalue weighted by Crippen LogP contribution is -2.36. The van der Waals surface area contributed by atoms with Crippen LogP contribution < -0.4 is 11.3 Å². The van der Waals surface area contributed by atoms with E-state index in [1.165, 1.54) is 18.7 Å². The first kappa shape index (κ1) is 14.7. The van der Waals surface area contributed by atoms with Gasteiger partial charge in [-0.1, -0.05) is 0 Å². The van der Waals surface area contributed by atoms with Crippen molar-refractivity contribution >= 4 is 0 Å². The van der Waals surface area contributed by atoms with Crippen LogP contribution in [0.25, 0.3) is 0 Å². The third-order valence-electron chi connectivity index (χ3n) is 2.08. The lowest BCUT2D eigenvalue weighted by atomic mass is 10.2. The molecule has 1 aromatic heterocycles. The first-order valence-corrected chi connectivity index (χ1v) is 4.92. The van der Waals surface area contributed by atoms with E-state index in [0.717, 1.165) is 0 Å². The molecule has 0 aliphatic rings. The Hall–Kier alpha value is -1.32. The summed E-state index contributed by atoms with van der Waals surface area (Å²) in [6.45, 7) is -1.68. The maximum atomic E-state index is 12.6. The van der Waals surface area contributed by atoms with Crippen molar-refractivity contribution in [3.63, 3.8) is 0 Å². The van der Waals surface area contributed by atoms with Gasteiger partial charge in [0.25, 0.3) is 0 Å². The molecular formula is C9H12F4N4O. The van der Waals surface area contributed by atoms with Crippen LogP contribution in [0, 0.1) is 0 Å². The standard InChI is InChI=1S/C9H12F4N4O/c10-8(11)9(12,13)4-18-3-7(17-14)6-1-15-5-16-2-6/h1-2,5,7-8,17H,3-4,14H2. The van der Waals surface area contributed by atoms with Crippen LogP contribution in [0.15, 0.2) is 18.7 Å². The van der Waals surface area contributed by atoms with Crippen LogP contribution in [0.3, 0.4) is 0 Å². The molecule has 1 unspecified atom stereocenters. The van der Waals surface area contributed by atoms with Gasteiger partial charge in [0.05, 0.1) is 12.6 Å². The van der Waals surface area contributed by atoms with Crippen LogP contribution in [-0.4, -0.2) is 35.5 Å². The van der Waals surface area contributed by atoms with Gasteiger partial charge in [-0.25, -0.2) is 18.7 Å². The third-order valence-corrected chi connectivity index (χ3v) is 2.08. The van der Waals surface area contributed by atoms with Gasteiger partial charge in [0.1, 0.15) is 12.9 Å². The van der Waals surface area contributed by atoms with Crippen LogP contribution in [0.4, 0.5) is 17.6 Å². The number of ether oxygens (including phenoxy) is 1. The summed E-state index contributed by atoms with van der Waals surface area (Å²) in [7, 11) is 0. The van der Waals surface area contributed by atoms with Crippen LogP contribution in [-0.2, 0) is 4.74 Å². The lowest BCUT2D eigenvalue weighted by Gasteiger charge is -2.19. The van der Waals surface area contributed by atoms with E-state index in [-0.39, 0.29) is 6.61 Å². The minimum absolute atomic E-state index is 0.299. The maximum Gasteiger partial charge on any atom is 0.330 e. The Balaban J connectivity index is 2.47. The first-order chi connectivity index (χ1) is 8.47. The van der Waals surface area contributed by atoms with Crippen molar-refractivity contribution in [1.82, 2.24) is 15.4 Å². The molecule has 0 spiro atoms. The molecule has 1 atom stereocenters. The maximum absolute atomic E-state index is 12.6. The molecule has 5 nitrogen and oxygen atoms in total. The summed E-state index contributed by atoms with van der Waals surface area (Å²) in [5.41, 5.74) is 2.80. The molecule has 18 heavy (non-hydrogen) atoms. The van der Waals surface area contributed by atoms with Gasteiger partial charge in [-0.3, -0.25) is 11.3 Å². The predicted octanol–water partition coefficient (Wildman–Crippen LogP) is 0.898. The predicted molar refractivity (Wildman–Crippen MR) is 53.9 cm³/mol. The summed E-state index contributed by atoms with van der Waals surface area (Å²) in [5.74, 6) is 1.02. The Kier molecular flexibility index (Phi) is 5.38. The second-order valence-corrected chi connectivity index (χ2v) is 3.47. The molecule has 0 saturated carbocycles. The molecular weight excluding hydrogens is 256 g/mol. The molecule has 3 N–H and O–H groups in total. The number of rotatable bonds is 7. The number of hydrogen-bond donors (Lipinski definition) is 2. The third kappa shape index (κ3) is 4.17. The number of hydrogen-bond acceptors (Lipinski definition) is 5. The Bertz CT molecular complexity index is 352. The SMILES string of the molecule is NNC(COCC(F)(F)C(F)F)c1cncnc1. The summed E-state index contributed by atoms with van der Waals surface area (Å²) < 4.78 is 53.3. The van der Waals surface area contributed by atoms with Crippen molar-refractivity contribution < 1.29 is 22.3 Å². The van der Waals surface area contributed by atoms with Crippen molar-refractivity contribution in [3.8, 4) is 0 Å². The van der Waals surface area contributed by atoms with E-state index in [4.69, 9.17) is 5.84 Å². The molecule has 0 aliphatic heterocycles.